The van der Waals surface area contributed by atoms with E-state index in [4.69, 9.17) is 16.6 Å². The van der Waals surface area contributed by atoms with Crippen molar-refractivity contribution < 1.29 is 4.42 Å². The third-order valence-corrected chi connectivity index (χ3v) is 4.63. The van der Waals surface area contributed by atoms with Crippen molar-refractivity contribution in [3.05, 3.63) is 50.6 Å². The number of aromatic nitrogens is 1. The Morgan fingerprint density at radius 1 is 1.05 bits per heavy atom. The minimum absolute atomic E-state index is 0.336. The Morgan fingerprint density at radius 2 is 1.86 bits per heavy atom. The lowest BCUT2D eigenvalue weighted by Crippen LogP contribution is -2.07. The van der Waals surface area contributed by atoms with Gasteiger partial charge in [0, 0.05) is 16.5 Å². The third-order valence-electron chi connectivity index (χ3n) is 4.32. The van der Waals surface area contributed by atoms with E-state index in [1.807, 2.05) is 24.3 Å². The van der Waals surface area contributed by atoms with Crippen molar-refractivity contribution in [2.45, 2.75) is 32.1 Å². The van der Waals surface area contributed by atoms with Crippen LogP contribution in [0.4, 0.5) is 0 Å². The van der Waals surface area contributed by atoms with Gasteiger partial charge in [-0.1, -0.05) is 36.8 Å². The lowest BCUT2D eigenvalue weighted by atomic mass is 9.98. The number of pyridine rings is 1. The molecule has 0 fully saturated rings. The van der Waals surface area contributed by atoms with E-state index >= 15 is 0 Å². The summed E-state index contributed by atoms with van der Waals surface area (Å²) in [5.41, 5.74) is 2.75. The molecule has 0 saturated carbocycles. The number of hydrogen-bond acceptors (Lipinski definition) is 3. The molecule has 3 aromatic rings. The van der Waals surface area contributed by atoms with Crippen molar-refractivity contribution in [2.24, 2.45) is 0 Å². The molecule has 1 N–H and O–H groups in total. The van der Waals surface area contributed by atoms with Crippen molar-refractivity contribution in [3.8, 4) is 0 Å². The Kier molecular flexibility index (Phi) is 2.93. The molecule has 0 unspecified atom stereocenters. The number of rotatable bonds is 0. The second-order valence-electron chi connectivity index (χ2n) is 5.61. The molecule has 3 nitrogen and oxygen atoms in total. The molecule has 0 atom stereocenters. The van der Waals surface area contributed by atoms with Crippen LogP contribution in [-0.4, -0.2) is 4.98 Å². The van der Waals surface area contributed by atoms with E-state index in [1.54, 1.807) is 0 Å². The Hall–Kier alpha value is -1.94. The Balaban J connectivity index is 2.30. The predicted octanol–water partition coefficient (Wildman–Crippen LogP) is 4.27. The molecule has 0 radical (unpaired) electrons. The molecule has 2 aromatic heterocycles. The molecule has 106 valence electrons. The molecule has 1 aliphatic rings. The number of aryl methyl sites for hydroxylation is 2. The van der Waals surface area contributed by atoms with E-state index in [0.717, 1.165) is 30.0 Å². The summed E-state index contributed by atoms with van der Waals surface area (Å²) >= 11 is 5.42. The first kappa shape index (κ1) is 12.8. The van der Waals surface area contributed by atoms with Gasteiger partial charge in [0.2, 0.25) is 0 Å². The summed E-state index contributed by atoms with van der Waals surface area (Å²) < 4.78 is 5.94. The van der Waals surface area contributed by atoms with Gasteiger partial charge in [-0.05, 0) is 37.3 Å². The quantitative estimate of drug-likeness (QED) is 0.292. The van der Waals surface area contributed by atoms with Gasteiger partial charge in [0.1, 0.15) is 15.6 Å². The summed E-state index contributed by atoms with van der Waals surface area (Å²) in [6, 6.07) is 7.73. The van der Waals surface area contributed by atoms with E-state index in [0.29, 0.717) is 15.6 Å². The number of H-pyrrole nitrogens is 1. The van der Waals surface area contributed by atoms with Gasteiger partial charge >= 0.3 is 5.63 Å². The molecule has 1 aliphatic carbocycles. The van der Waals surface area contributed by atoms with E-state index in [9.17, 15) is 4.79 Å². The fraction of sp³-hybridized carbons (Fsp3) is 0.294. The Labute approximate surface area is 126 Å². The van der Waals surface area contributed by atoms with Crippen LogP contribution < -0.4 is 5.63 Å². The van der Waals surface area contributed by atoms with E-state index in [-0.39, 0.29) is 5.63 Å². The van der Waals surface area contributed by atoms with Crippen molar-refractivity contribution in [1.82, 2.24) is 4.98 Å². The topological polar surface area (TPSA) is 46.0 Å². The second-order valence-corrected chi connectivity index (χ2v) is 6.02. The fourth-order valence-corrected chi connectivity index (χ4v) is 3.67. The molecule has 4 rings (SSSR count). The van der Waals surface area contributed by atoms with Gasteiger partial charge in [0.15, 0.2) is 0 Å². The van der Waals surface area contributed by atoms with E-state index < -0.39 is 0 Å². The van der Waals surface area contributed by atoms with Crippen molar-refractivity contribution in [3.63, 3.8) is 0 Å². The molecule has 2 heterocycles. The average molecular weight is 297 g/mol. The summed E-state index contributed by atoms with van der Waals surface area (Å²) in [7, 11) is 0. The van der Waals surface area contributed by atoms with Crippen LogP contribution in [0.2, 0.25) is 0 Å². The first-order chi connectivity index (χ1) is 10.3. The molecule has 0 saturated heterocycles. The van der Waals surface area contributed by atoms with Crippen LogP contribution in [0.15, 0.2) is 33.5 Å². The summed E-state index contributed by atoms with van der Waals surface area (Å²) in [5.74, 6) is 0. The maximum Gasteiger partial charge on any atom is 0.347 e. The SMILES string of the molecule is O=c1oc2ccccc2c2c3c([nH]c(=S)c12)CCCCC3. The van der Waals surface area contributed by atoms with Gasteiger partial charge < -0.3 is 9.40 Å². The molecule has 1 aromatic carbocycles. The maximum atomic E-state index is 12.3. The number of nitrogens with one attached hydrogen (secondary N) is 1. The molecular weight excluding hydrogens is 282 g/mol. The zero-order chi connectivity index (χ0) is 14.4. The highest BCUT2D eigenvalue weighted by Crippen LogP contribution is 2.31. The summed E-state index contributed by atoms with van der Waals surface area (Å²) in [6.45, 7) is 0. The molecule has 4 heteroatoms. The largest absolute Gasteiger partial charge is 0.422 e. The van der Waals surface area contributed by atoms with Crippen LogP contribution in [0.3, 0.4) is 0 Å². The van der Waals surface area contributed by atoms with Crippen LogP contribution in [0, 0.1) is 4.64 Å². The van der Waals surface area contributed by atoms with Gasteiger partial charge in [-0.3, -0.25) is 0 Å². The molecule has 0 spiro atoms. The van der Waals surface area contributed by atoms with Gasteiger partial charge in [0.05, 0.1) is 0 Å². The third kappa shape index (κ3) is 1.94. The van der Waals surface area contributed by atoms with Crippen LogP contribution in [0.5, 0.6) is 0 Å². The minimum atomic E-state index is -0.336. The first-order valence-electron chi connectivity index (χ1n) is 7.35. The maximum absolute atomic E-state index is 12.3. The number of para-hydroxylation sites is 1. The van der Waals surface area contributed by atoms with Gasteiger partial charge in [-0.25, -0.2) is 4.79 Å². The van der Waals surface area contributed by atoms with Gasteiger partial charge in [0.25, 0.3) is 0 Å². The van der Waals surface area contributed by atoms with Crippen molar-refractivity contribution in [2.75, 3.05) is 0 Å². The lowest BCUT2D eigenvalue weighted by molar-refractivity contribution is 0.569. The number of benzene rings is 1. The van der Waals surface area contributed by atoms with Gasteiger partial charge in [-0.15, -0.1) is 0 Å². The highest BCUT2D eigenvalue weighted by molar-refractivity contribution is 7.71. The molecule has 0 bridgehead atoms. The standard InChI is InChI=1S/C17H15NO2S/c19-17-15-14(11-7-4-5-9-13(11)20-17)10-6-2-1-3-8-12(10)18-16(15)21/h4-5,7,9H,1-3,6,8H2,(H,18,21). The minimum Gasteiger partial charge on any atom is -0.422 e. The smallest absolute Gasteiger partial charge is 0.347 e. The second kappa shape index (κ2) is 4.81. The first-order valence-corrected chi connectivity index (χ1v) is 7.76. The number of aromatic amines is 1. The molecule has 0 amide bonds. The van der Waals surface area contributed by atoms with Crippen LogP contribution >= 0.6 is 12.2 Å². The predicted molar refractivity (Wildman–Crippen MR) is 86.4 cm³/mol. The average Bonchev–Trinajstić information content (AvgIpc) is 2.72. The van der Waals surface area contributed by atoms with Crippen molar-refractivity contribution >= 4 is 34.0 Å². The normalized spacial score (nSPS) is 15.0. The highest BCUT2D eigenvalue weighted by atomic mass is 32.1. The Morgan fingerprint density at radius 3 is 2.76 bits per heavy atom. The van der Waals surface area contributed by atoms with Crippen molar-refractivity contribution in [1.29, 1.82) is 0 Å². The zero-order valence-corrected chi connectivity index (χ0v) is 12.4. The molecule has 0 aliphatic heterocycles. The van der Waals surface area contributed by atoms with Crippen LogP contribution in [0.1, 0.15) is 30.5 Å². The highest BCUT2D eigenvalue weighted by Gasteiger charge is 2.18. The molecule has 21 heavy (non-hydrogen) atoms. The van der Waals surface area contributed by atoms with E-state index in [1.165, 1.54) is 24.1 Å². The molecular formula is C17H15NO2S. The summed E-state index contributed by atoms with van der Waals surface area (Å²) in [4.78, 5) is 15.6. The Bertz CT molecular complexity index is 968. The fourth-order valence-electron chi connectivity index (χ4n) is 3.36. The van der Waals surface area contributed by atoms with E-state index in [2.05, 4.69) is 4.98 Å². The monoisotopic (exact) mass is 297 g/mol. The van der Waals surface area contributed by atoms with Crippen LogP contribution in [0.25, 0.3) is 21.7 Å². The summed E-state index contributed by atoms with van der Waals surface area (Å²) in [6.07, 6.45) is 5.54. The summed E-state index contributed by atoms with van der Waals surface area (Å²) in [5, 5.41) is 2.53. The number of hydrogen-bond donors (Lipinski definition) is 1. The van der Waals surface area contributed by atoms with Crippen LogP contribution in [-0.2, 0) is 12.8 Å². The zero-order valence-electron chi connectivity index (χ0n) is 11.6. The lowest BCUT2D eigenvalue weighted by Gasteiger charge is -2.12. The number of fused-ring (bicyclic) bond motifs is 5. The van der Waals surface area contributed by atoms with Gasteiger partial charge in [-0.2, -0.15) is 0 Å².